The molecule has 2 rings (SSSR count). The van der Waals surface area contributed by atoms with Gasteiger partial charge in [-0.2, -0.15) is 0 Å². The average Bonchev–Trinajstić information content (AvgIpc) is 2.73. The Morgan fingerprint density at radius 1 is 1.56 bits per heavy atom. The number of aliphatic hydroxyl groups is 1. The Hall–Kier alpha value is -1.36. The third-order valence-electron chi connectivity index (χ3n) is 3.05. The van der Waals surface area contributed by atoms with Gasteiger partial charge >= 0.3 is 0 Å². The molecule has 1 fully saturated rings. The fourth-order valence-electron chi connectivity index (χ4n) is 2.04. The molecule has 16 heavy (non-hydrogen) atoms. The second-order valence-electron chi connectivity index (χ2n) is 4.16. The van der Waals surface area contributed by atoms with Crippen molar-refractivity contribution >= 4 is 5.91 Å². The van der Waals surface area contributed by atoms with Gasteiger partial charge in [0, 0.05) is 25.8 Å². The zero-order valence-corrected chi connectivity index (χ0v) is 9.13. The predicted molar refractivity (Wildman–Crippen MR) is 56.8 cm³/mol. The van der Waals surface area contributed by atoms with Crippen molar-refractivity contribution < 1.29 is 14.4 Å². The Kier molecular flexibility index (Phi) is 3.56. The minimum absolute atomic E-state index is 0.0765. The van der Waals surface area contributed by atoms with E-state index in [1.165, 1.54) is 6.26 Å². The number of rotatable bonds is 2. The van der Waals surface area contributed by atoms with Crippen molar-refractivity contribution in [3.05, 3.63) is 18.0 Å². The lowest BCUT2D eigenvalue weighted by atomic mass is 10.0. The molecular weight excluding hydrogens is 208 g/mol. The van der Waals surface area contributed by atoms with Crippen molar-refractivity contribution in [2.24, 2.45) is 5.92 Å². The van der Waals surface area contributed by atoms with Gasteiger partial charge in [0.25, 0.3) is 5.91 Å². The maximum absolute atomic E-state index is 11.9. The van der Waals surface area contributed by atoms with Crippen LogP contribution in [0, 0.1) is 5.92 Å². The minimum Gasteiger partial charge on any atom is -0.396 e. The lowest BCUT2D eigenvalue weighted by Crippen LogP contribution is -2.32. The number of aliphatic hydroxyl groups excluding tert-OH is 1. The largest absolute Gasteiger partial charge is 0.396 e. The van der Waals surface area contributed by atoms with E-state index < -0.39 is 0 Å². The van der Waals surface area contributed by atoms with Gasteiger partial charge in [0.1, 0.15) is 6.26 Å². The number of amides is 1. The van der Waals surface area contributed by atoms with Crippen molar-refractivity contribution in [1.82, 2.24) is 10.1 Å². The van der Waals surface area contributed by atoms with Crippen LogP contribution in [-0.2, 0) is 0 Å². The first-order valence-corrected chi connectivity index (χ1v) is 5.62. The molecule has 1 N–H and O–H groups in total. The Morgan fingerprint density at radius 2 is 2.44 bits per heavy atom. The number of nitrogens with zero attached hydrogens (tertiary/aromatic N) is 2. The van der Waals surface area contributed by atoms with Crippen LogP contribution in [0.5, 0.6) is 0 Å². The number of aromatic nitrogens is 1. The molecule has 0 spiro atoms. The number of hydrogen-bond donors (Lipinski definition) is 1. The first-order valence-electron chi connectivity index (χ1n) is 5.62. The van der Waals surface area contributed by atoms with E-state index in [-0.39, 0.29) is 12.5 Å². The van der Waals surface area contributed by atoms with Gasteiger partial charge in [0.05, 0.1) is 0 Å². The second kappa shape index (κ2) is 5.12. The highest BCUT2D eigenvalue weighted by molar-refractivity contribution is 5.92. The van der Waals surface area contributed by atoms with Gasteiger partial charge in [-0.15, -0.1) is 0 Å². The van der Waals surface area contributed by atoms with E-state index in [0.717, 1.165) is 25.8 Å². The van der Waals surface area contributed by atoms with E-state index in [4.69, 9.17) is 5.11 Å². The third kappa shape index (κ3) is 2.41. The normalized spacial score (nSPS) is 21.8. The van der Waals surface area contributed by atoms with Crippen LogP contribution in [0.25, 0.3) is 0 Å². The molecule has 1 atom stereocenters. The molecule has 5 nitrogen and oxygen atoms in total. The summed E-state index contributed by atoms with van der Waals surface area (Å²) in [6.45, 7) is 1.64. The van der Waals surface area contributed by atoms with E-state index >= 15 is 0 Å². The number of carbonyl (C=O) groups excluding carboxylic acids is 1. The molecule has 1 aliphatic heterocycles. The molecule has 0 aromatic carbocycles. The SMILES string of the molecule is O=C(c1ccon1)N1CCCC(CO)CC1. The summed E-state index contributed by atoms with van der Waals surface area (Å²) in [4.78, 5) is 13.7. The molecule has 88 valence electrons. The summed E-state index contributed by atoms with van der Waals surface area (Å²) in [5.74, 6) is 0.252. The molecule has 0 saturated carbocycles. The van der Waals surface area contributed by atoms with Crippen LogP contribution in [-0.4, -0.2) is 40.8 Å². The van der Waals surface area contributed by atoms with Crippen LogP contribution >= 0.6 is 0 Å². The summed E-state index contributed by atoms with van der Waals surface area (Å²) in [6, 6.07) is 1.58. The summed E-state index contributed by atoms with van der Waals surface area (Å²) in [5, 5.41) is 12.7. The van der Waals surface area contributed by atoms with E-state index in [0.29, 0.717) is 18.2 Å². The quantitative estimate of drug-likeness (QED) is 0.810. The van der Waals surface area contributed by atoms with Crippen molar-refractivity contribution in [3.63, 3.8) is 0 Å². The molecule has 0 bridgehead atoms. The first kappa shape index (κ1) is 11.1. The minimum atomic E-state index is -0.0765. The molecule has 1 amide bonds. The summed E-state index contributed by atoms with van der Waals surface area (Å²) < 4.78 is 4.66. The average molecular weight is 224 g/mol. The van der Waals surface area contributed by atoms with Crippen molar-refractivity contribution in [2.45, 2.75) is 19.3 Å². The molecule has 2 heterocycles. The molecule has 1 aromatic heterocycles. The van der Waals surface area contributed by atoms with Gasteiger partial charge in [0.15, 0.2) is 5.69 Å². The van der Waals surface area contributed by atoms with Crippen LogP contribution in [0.3, 0.4) is 0 Å². The fourth-order valence-corrected chi connectivity index (χ4v) is 2.04. The summed E-state index contributed by atoms with van der Waals surface area (Å²) in [5.41, 5.74) is 0.363. The van der Waals surface area contributed by atoms with Crippen LogP contribution in [0.15, 0.2) is 16.9 Å². The van der Waals surface area contributed by atoms with E-state index in [2.05, 4.69) is 9.68 Å². The Morgan fingerprint density at radius 3 is 3.12 bits per heavy atom. The van der Waals surface area contributed by atoms with E-state index in [1.54, 1.807) is 11.0 Å². The standard InChI is InChI=1S/C11H16N2O3/c14-8-9-2-1-5-13(6-3-9)11(15)10-4-7-16-12-10/h4,7,9,14H,1-3,5-6,8H2. The van der Waals surface area contributed by atoms with Crippen LogP contribution < -0.4 is 0 Å². The number of hydrogen-bond acceptors (Lipinski definition) is 4. The van der Waals surface area contributed by atoms with Crippen molar-refractivity contribution in [3.8, 4) is 0 Å². The van der Waals surface area contributed by atoms with Gasteiger partial charge in [0.2, 0.25) is 0 Å². The highest BCUT2D eigenvalue weighted by Gasteiger charge is 2.22. The third-order valence-corrected chi connectivity index (χ3v) is 3.05. The lowest BCUT2D eigenvalue weighted by Gasteiger charge is -2.18. The predicted octanol–water partition coefficient (Wildman–Crippen LogP) is 0.909. The monoisotopic (exact) mass is 224 g/mol. The van der Waals surface area contributed by atoms with Crippen molar-refractivity contribution in [2.75, 3.05) is 19.7 Å². The van der Waals surface area contributed by atoms with Gasteiger partial charge < -0.3 is 14.5 Å². The Labute approximate surface area is 94.0 Å². The maximum atomic E-state index is 11.9. The molecule has 1 unspecified atom stereocenters. The van der Waals surface area contributed by atoms with Gasteiger partial charge in [-0.25, -0.2) is 0 Å². The number of carbonyl (C=O) groups is 1. The van der Waals surface area contributed by atoms with Gasteiger partial charge in [-0.3, -0.25) is 4.79 Å². The smallest absolute Gasteiger partial charge is 0.276 e. The van der Waals surface area contributed by atoms with Gasteiger partial charge in [-0.05, 0) is 25.2 Å². The summed E-state index contributed by atoms with van der Waals surface area (Å²) >= 11 is 0. The lowest BCUT2D eigenvalue weighted by molar-refractivity contribution is 0.0747. The Bertz CT molecular complexity index is 337. The van der Waals surface area contributed by atoms with E-state index in [9.17, 15) is 4.79 Å². The van der Waals surface area contributed by atoms with Gasteiger partial charge in [-0.1, -0.05) is 5.16 Å². The highest BCUT2D eigenvalue weighted by Crippen LogP contribution is 2.18. The van der Waals surface area contributed by atoms with Crippen molar-refractivity contribution in [1.29, 1.82) is 0 Å². The molecule has 0 radical (unpaired) electrons. The zero-order chi connectivity index (χ0) is 11.4. The van der Waals surface area contributed by atoms with Crippen LogP contribution in [0.2, 0.25) is 0 Å². The second-order valence-corrected chi connectivity index (χ2v) is 4.16. The molecule has 5 heteroatoms. The Balaban J connectivity index is 1.97. The molecule has 1 saturated heterocycles. The highest BCUT2D eigenvalue weighted by atomic mass is 16.5. The fraction of sp³-hybridized carbons (Fsp3) is 0.636. The van der Waals surface area contributed by atoms with Crippen LogP contribution in [0.4, 0.5) is 0 Å². The van der Waals surface area contributed by atoms with Crippen LogP contribution in [0.1, 0.15) is 29.8 Å². The molecule has 0 aliphatic carbocycles. The molecule has 1 aromatic rings. The number of likely N-dealkylation sites (tertiary alicyclic amines) is 1. The maximum Gasteiger partial charge on any atom is 0.276 e. The summed E-state index contributed by atoms with van der Waals surface area (Å²) in [6.07, 6.45) is 4.19. The van der Waals surface area contributed by atoms with E-state index in [1.807, 2.05) is 0 Å². The topological polar surface area (TPSA) is 66.6 Å². The first-order chi connectivity index (χ1) is 7.81. The summed E-state index contributed by atoms with van der Waals surface area (Å²) in [7, 11) is 0. The zero-order valence-electron chi connectivity index (χ0n) is 9.13. The molecule has 1 aliphatic rings. The molecular formula is C11H16N2O3.